The normalized spacial score (nSPS) is 23.3. The van der Waals surface area contributed by atoms with E-state index in [-0.39, 0.29) is 17.5 Å². The fraction of sp³-hybridized carbons (Fsp3) is 0.583. The van der Waals surface area contributed by atoms with Crippen molar-refractivity contribution in [3.05, 3.63) is 17.5 Å². The molecule has 1 aliphatic rings. The Bertz CT molecular complexity index is 489. The van der Waals surface area contributed by atoms with E-state index in [0.29, 0.717) is 25.2 Å². The predicted molar refractivity (Wildman–Crippen MR) is 70.3 cm³/mol. The van der Waals surface area contributed by atoms with Gasteiger partial charge in [-0.15, -0.1) is 0 Å². The van der Waals surface area contributed by atoms with Crippen LogP contribution in [0.4, 0.5) is 5.95 Å². The molecule has 0 spiro atoms. The number of aliphatic hydroxyl groups is 1. The quantitative estimate of drug-likeness (QED) is 0.516. The van der Waals surface area contributed by atoms with Gasteiger partial charge in [0.05, 0.1) is 5.60 Å². The smallest absolute Gasteiger partial charge is 0.272 e. The molecular formula is C12H19N5O2. The number of nitrogen functional groups attached to an aromatic ring is 1. The molecule has 0 aliphatic carbocycles. The Morgan fingerprint density at radius 1 is 1.58 bits per heavy atom. The molecule has 1 amide bonds. The van der Waals surface area contributed by atoms with E-state index in [1.807, 2.05) is 0 Å². The Morgan fingerprint density at radius 3 is 2.95 bits per heavy atom. The Hall–Kier alpha value is -1.73. The minimum Gasteiger partial charge on any atom is -0.388 e. The van der Waals surface area contributed by atoms with E-state index >= 15 is 0 Å². The van der Waals surface area contributed by atoms with Gasteiger partial charge < -0.3 is 10.0 Å². The van der Waals surface area contributed by atoms with Gasteiger partial charge in [-0.2, -0.15) is 0 Å². The molecule has 19 heavy (non-hydrogen) atoms. The summed E-state index contributed by atoms with van der Waals surface area (Å²) in [6.45, 7) is 4.46. The molecule has 7 nitrogen and oxygen atoms in total. The number of nitrogens with zero attached hydrogens (tertiary/aromatic N) is 3. The second-order valence-electron chi connectivity index (χ2n) is 5.19. The number of amides is 1. The Balaban J connectivity index is 2.21. The van der Waals surface area contributed by atoms with Crippen LogP contribution in [0.25, 0.3) is 0 Å². The van der Waals surface area contributed by atoms with Crippen molar-refractivity contribution in [2.24, 2.45) is 5.84 Å². The maximum atomic E-state index is 12.4. The number of rotatable bonds is 2. The maximum absolute atomic E-state index is 12.4. The van der Waals surface area contributed by atoms with Crippen molar-refractivity contribution >= 4 is 11.9 Å². The van der Waals surface area contributed by atoms with Crippen LogP contribution in [0.1, 0.15) is 35.9 Å². The second kappa shape index (κ2) is 5.10. The molecule has 1 aliphatic heterocycles. The molecular weight excluding hydrogens is 246 g/mol. The van der Waals surface area contributed by atoms with Gasteiger partial charge >= 0.3 is 0 Å². The molecule has 1 atom stereocenters. The first-order valence-corrected chi connectivity index (χ1v) is 6.25. The summed E-state index contributed by atoms with van der Waals surface area (Å²) in [6, 6.07) is 1.62. The van der Waals surface area contributed by atoms with Crippen molar-refractivity contribution in [1.29, 1.82) is 0 Å². The number of hydrazine groups is 1. The van der Waals surface area contributed by atoms with Crippen LogP contribution in [0.5, 0.6) is 0 Å². The molecule has 104 valence electrons. The summed E-state index contributed by atoms with van der Waals surface area (Å²) >= 11 is 0. The van der Waals surface area contributed by atoms with Gasteiger partial charge in [0.1, 0.15) is 5.69 Å². The lowest BCUT2D eigenvalue weighted by Gasteiger charge is -2.36. The summed E-state index contributed by atoms with van der Waals surface area (Å²) in [4.78, 5) is 22.1. The van der Waals surface area contributed by atoms with Crippen LogP contribution in [0.2, 0.25) is 0 Å². The van der Waals surface area contributed by atoms with Gasteiger partial charge in [-0.3, -0.25) is 10.2 Å². The highest BCUT2D eigenvalue weighted by Gasteiger charge is 2.31. The van der Waals surface area contributed by atoms with Crippen LogP contribution >= 0.6 is 0 Å². The fourth-order valence-electron chi connectivity index (χ4n) is 2.30. The number of carbonyl (C=O) groups excluding carboxylic acids is 1. The number of carbonyl (C=O) groups is 1. The molecule has 2 rings (SSSR count). The lowest BCUT2D eigenvalue weighted by molar-refractivity contribution is -0.0109. The third-order valence-electron chi connectivity index (χ3n) is 3.16. The largest absolute Gasteiger partial charge is 0.388 e. The topological polar surface area (TPSA) is 104 Å². The van der Waals surface area contributed by atoms with Crippen molar-refractivity contribution in [3.8, 4) is 0 Å². The van der Waals surface area contributed by atoms with Gasteiger partial charge in [-0.05, 0) is 32.8 Å². The van der Waals surface area contributed by atoms with E-state index < -0.39 is 5.60 Å². The lowest BCUT2D eigenvalue weighted by atomic mass is 9.95. The minimum absolute atomic E-state index is 0.207. The van der Waals surface area contributed by atoms with Crippen LogP contribution in [0.15, 0.2) is 6.07 Å². The number of anilines is 1. The molecule has 0 aromatic carbocycles. The predicted octanol–water partition coefficient (Wildman–Crippen LogP) is 0.0576. The fourth-order valence-corrected chi connectivity index (χ4v) is 2.30. The summed E-state index contributed by atoms with van der Waals surface area (Å²) in [5.74, 6) is 5.28. The molecule has 0 saturated carbocycles. The lowest BCUT2D eigenvalue weighted by Crippen LogP contribution is -2.48. The van der Waals surface area contributed by atoms with Gasteiger partial charge in [0.15, 0.2) is 0 Å². The molecule has 2 heterocycles. The number of nitrogens with one attached hydrogen (secondary N) is 1. The summed E-state index contributed by atoms with van der Waals surface area (Å²) in [6.07, 6.45) is 1.49. The highest BCUT2D eigenvalue weighted by Crippen LogP contribution is 2.21. The van der Waals surface area contributed by atoms with Crippen molar-refractivity contribution < 1.29 is 9.90 Å². The molecule has 1 saturated heterocycles. The number of aryl methyl sites for hydroxylation is 1. The molecule has 1 aromatic rings. The van der Waals surface area contributed by atoms with Crippen LogP contribution in [0, 0.1) is 6.92 Å². The number of likely N-dealkylation sites (tertiary alicyclic amines) is 1. The van der Waals surface area contributed by atoms with Gasteiger partial charge in [-0.1, -0.05) is 0 Å². The van der Waals surface area contributed by atoms with E-state index in [2.05, 4.69) is 15.4 Å². The summed E-state index contributed by atoms with van der Waals surface area (Å²) in [5, 5.41) is 10.0. The van der Waals surface area contributed by atoms with Gasteiger partial charge in [0.2, 0.25) is 5.95 Å². The number of β-amino-alcohol motifs (C(OH)–C–C–N with tert-alkyl or cyclic N) is 1. The SMILES string of the molecule is Cc1cc(C(=O)N2CCCC(C)(O)C2)nc(NN)n1. The third kappa shape index (κ3) is 3.18. The average molecular weight is 265 g/mol. The molecule has 4 N–H and O–H groups in total. The van der Waals surface area contributed by atoms with E-state index in [0.717, 1.165) is 6.42 Å². The highest BCUT2D eigenvalue weighted by molar-refractivity contribution is 5.92. The number of nitrogens with two attached hydrogens (primary N) is 1. The van der Waals surface area contributed by atoms with E-state index in [9.17, 15) is 9.90 Å². The van der Waals surface area contributed by atoms with E-state index in [1.165, 1.54) is 0 Å². The highest BCUT2D eigenvalue weighted by atomic mass is 16.3. The molecule has 1 fully saturated rings. The molecule has 7 heteroatoms. The van der Waals surface area contributed by atoms with Crippen molar-refractivity contribution in [3.63, 3.8) is 0 Å². The number of hydrogen-bond donors (Lipinski definition) is 3. The van der Waals surface area contributed by atoms with E-state index in [1.54, 1.807) is 24.8 Å². The van der Waals surface area contributed by atoms with Crippen LogP contribution in [0.3, 0.4) is 0 Å². The Labute approximate surface area is 111 Å². The Morgan fingerprint density at radius 2 is 2.32 bits per heavy atom. The average Bonchev–Trinajstić information content (AvgIpc) is 2.35. The summed E-state index contributed by atoms with van der Waals surface area (Å²) in [7, 11) is 0. The minimum atomic E-state index is -0.828. The first-order chi connectivity index (χ1) is 8.91. The van der Waals surface area contributed by atoms with Crippen molar-refractivity contribution in [2.45, 2.75) is 32.3 Å². The standard InChI is InChI=1S/C12H19N5O2/c1-8-6-9(15-11(14-8)16-13)10(18)17-5-3-4-12(2,19)7-17/h6,19H,3-5,7,13H2,1-2H3,(H,14,15,16). The summed E-state index contributed by atoms with van der Waals surface area (Å²) < 4.78 is 0. The van der Waals surface area contributed by atoms with Crippen LogP contribution in [-0.4, -0.2) is 44.6 Å². The zero-order chi connectivity index (χ0) is 14.0. The van der Waals surface area contributed by atoms with E-state index in [4.69, 9.17) is 5.84 Å². The van der Waals surface area contributed by atoms with Crippen molar-refractivity contribution in [2.75, 3.05) is 18.5 Å². The molecule has 0 radical (unpaired) electrons. The van der Waals surface area contributed by atoms with Gasteiger partial charge in [-0.25, -0.2) is 15.8 Å². The number of hydrogen-bond acceptors (Lipinski definition) is 6. The number of aromatic nitrogens is 2. The van der Waals surface area contributed by atoms with Gasteiger partial charge in [0.25, 0.3) is 5.91 Å². The van der Waals surface area contributed by atoms with Gasteiger partial charge in [0, 0.05) is 18.8 Å². The molecule has 0 bridgehead atoms. The van der Waals surface area contributed by atoms with Crippen molar-refractivity contribution in [1.82, 2.24) is 14.9 Å². The maximum Gasteiger partial charge on any atom is 0.272 e. The van der Waals surface area contributed by atoms with Crippen LogP contribution in [-0.2, 0) is 0 Å². The Kier molecular flexibility index (Phi) is 3.68. The second-order valence-corrected chi connectivity index (χ2v) is 5.19. The molecule has 1 unspecified atom stereocenters. The van der Waals surface area contributed by atoms with Crippen LogP contribution < -0.4 is 11.3 Å². The zero-order valence-corrected chi connectivity index (χ0v) is 11.2. The monoisotopic (exact) mass is 265 g/mol. The third-order valence-corrected chi connectivity index (χ3v) is 3.16. The zero-order valence-electron chi connectivity index (χ0n) is 11.2. The number of piperidine rings is 1. The molecule has 1 aromatic heterocycles. The first-order valence-electron chi connectivity index (χ1n) is 6.25. The summed E-state index contributed by atoms with van der Waals surface area (Å²) in [5.41, 5.74) is 2.46. The first kappa shape index (κ1) is 13.7.